The molecule has 0 aliphatic carbocycles. The molecule has 0 atom stereocenters. The van der Waals surface area contributed by atoms with Crippen molar-refractivity contribution in [3.63, 3.8) is 0 Å². The molecule has 1 N–H and O–H groups in total. The number of carbonyl (C=O) groups excluding carboxylic acids is 1. The van der Waals surface area contributed by atoms with Crippen LogP contribution < -0.4 is 5.32 Å². The van der Waals surface area contributed by atoms with Crippen LogP contribution in [0.15, 0.2) is 15.4 Å². The molecule has 0 radical (unpaired) electrons. The normalized spacial score (nSPS) is 19.0. The number of halogens is 1. The predicted octanol–water partition coefficient (Wildman–Crippen LogP) is 2.40. The first-order valence-corrected chi connectivity index (χ1v) is 11.0. The van der Waals surface area contributed by atoms with Crippen LogP contribution in [0.5, 0.6) is 0 Å². The van der Waals surface area contributed by atoms with E-state index in [-0.39, 0.29) is 35.0 Å². The SMILES string of the molecule is CCCN(C(=O)c1cc(S(=O)(=O)N2CCCC2)c(C)o1)C1CCNCC1.Cl. The molecule has 0 spiro atoms. The number of carbonyl (C=O) groups is 1. The van der Waals surface area contributed by atoms with Crippen LogP contribution in [-0.2, 0) is 10.0 Å². The van der Waals surface area contributed by atoms with Crippen molar-refractivity contribution >= 4 is 28.3 Å². The van der Waals surface area contributed by atoms with Crippen LogP contribution >= 0.6 is 12.4 Å². The van der Waals surface area contributed by atoms with E-state index in [9.17, 15) is 13.2 Å². The first-order chi connectivity index (χ1) is 12.4. The number of hydrogen-bond donors (Lipinski definition) is 1. The topological polar surface area (TPSA) is 82.9 Å². The number of hydrogen-bond acceptors (Lipinski definition) is 5. The lowest BCUT2D eigenvalue weighted by molar-refractivity contribution is 0.0609. The van der Waals surface area contributed by atoms with Gasteiger partial charge >= 0.3 is 0 Å². The lowest BCUT2D eigenvalue weighted by Crippen LogP contribution is -2.46. The van der Waals surface area contributed by atoms with Crippen LogP contribution in [0.1, 0.15) is 55.3 Å². The van der Waals surface area contributed by atoms with Crippen molar-refractivity contribution in [3.8, 4) is 0 Å². The van der Waals surface area contributed by atoms with Gasteiger partial charge in [0.15, 0.2) is 5.76 Å². The van der Waals surface area contributed by atoms with Crippen molar-refractivity contribution < 1.29 is 17.6 Å². The van der Waals surface area contributed by atoms with Gasteiger partial charge in [-0.15, -0.1) is 12.4 Å². The minimum atomic E-state index is -3.59. The zero-order chi connectivity index (χ0) is 18.7. The minimum Gasteiger partial charge on any atom is -0.455 e. The van der Waals surface area contributed by atoms with Gasteiger partial charge in [-0.2, -0.15) is 4.31 Å². The van der Waals surface area contributed by atoms with Crippen molar-refractivity contribution in [2.75, 3.05) is 32.7 Å². The Labute approximate surface area is 167 Å². The highest BCUT2D eigenvalue weighted by molar-refractivity contribution is 7.89. The maximum absolute atomic E-state index is 13.1. The number of sulfonamides is 1. The summed E-state index contributed by atoms with van der Waals surface area (Å²) in [5, 5.41) is 3.31. The van der Waals surface area contributed by atoms with Crippen molar-refractivity contribution in [3.05, 3.63) is 17.6 Å². The molecule has 2 saturated heterocycles. The van der Waals surface area contributed by atoms with E-state index >= 15 is 0 Å². The maximum atomic E-state index is 13.1. The molecule has 0 saturated carbocycles. The van der Waals surface area contributed by atoms with Gasteiger partial charge in [-0.25, -0.2) is 8.42 Å². The molecule has 9 heteroatoms. The van der Waals surface area contributed by atoms with Gasteiger partial charge in [-0.3, -0.25) is 4.79 Å². The summed E-state index contributed by atoms with van der Waals surface area (Å²) in [6.45, 7) is 7.16. The summed E-state index contributed by atoms with van der Waals surface area (Å²) < 4.78 is 32.8. The van der Waals surface area contributed by atoms with Crippen molar-refractivity contribution in [2.24, 2.45) is 0 Å². The lowest BCUT2D eigenvalue weighted by atomic mass is 10.0. The first-order valence-electron chi connectivity index (χ1n) is 9.57. The molecule has 0 bridgehead atoms. The monoisotopic (exact) mass is 419 g/mol. The Kier molecular flexibility index (Phi) is 7.73. The number of furan rings is 1. The van der Waals surface area contributed by atoms with E-state index in [1.54, 1.807) is 6.92 Å². The lowest BCUT2D eigenvalue weighted by Gasteiger charge is -2.34. The molecule has 3 heterocycles. The molecule has 27 heavy (non-hydrogen) atoms. The maximum Gasteiger partial charge on any atom is 0.289 e. The molecule has 0 unspecified atom stereocenters. The first kappa shape index (κ1) is 22.2. The third-order valence-electron chi connectivity index (χ3n) is 5.24. The van der Waals surface area contributed by atoms with Crippen molar-refractivity contribution in [1.29, 1.82) is 0 Å². The third-order valence-corrected chi connectivity index (χ3v) is 7.25. The molecule has 0 aromatic carbocycles. The predicted molar refractivity (Wildman–Crippen MR) is 106 cm³/mol. The zero-order valence-electron chi connectivity index (χ0n) is 16.1. The largest absolute Gasteiger partial charge is 0.455 e. The summed E-state index contributed by atoms with van der Waals surface area (Å²) in [6, 6.07) is 1.60. The van der Waals surface area contributed by atoms with Crippen LogP contribution in [0.3, 0.4) is 0 Å². The molecule has 2 aliphatic heterocycles. The standard InChI is InChI=1S/C18H29N3O4S.ClH/c1-3-10-21(15-6-8-19-9-7-15)18(22)16-13-17(14(2)25-16)26(23,24)20-11-4-5-12-20;/h13,15,19H,3-12H2,1-2H3;1H. The zero-order valence-corrected chi connectivity index (χ0v) is 17.7. The Hall–Kier alpha value is -1.09. The van der Waals surface area contributed by atoms with Crippen LogP contribution in [0, 0.1) is 6.92 Å². The van der Waals surface area contributed by atoms with Gasteiger partial charge in [0, 0.05) is 31.7 Å². The highest BCUT2D eigenvalue weighted by Gasteiger charge is 2.33. The second-order valence-electron chi connectivity index (χ2n) is 7.12. The third kappa shape index (κ3) is 4.67. The van der Waals surface area contributed by atoms with Gasteiger partial charge in [0.1, 0.15) is 10.7 Å². The van der Waals surface area contributed by atoms with Crippen LogP contribution in [0.2, 0.25) is 0 Å². The summed E-state index contributed by atoms with van der Waals surface area (Å²) in [5.41, 5.74) is 0. The highest BCUT2D eigenvalue weighted by Crippen LogP contribution is 2.27. The Bertz CT molecular complexity index is 738. The molecule has 1 aromatic heterocycles. The molecule has 2 aliphatic rings. The van der Waals surface area contributed by atoms with Gasteiger partial charge in [0.25, 0.3) is 5.91 Å². The van der Waals surface area contributed by atoms with Gasteiger partial charge in [0.2, 0.25) is 10.0 Å². The second-order valence-corrected chi connectivity index (χ2v) is 9.03. The number of nitrogens with one attached hydrogen (secondary N) is 1. The highest BCUT2D eigenvalue weighted by atomic mass is 35.5. The Morgan fingerprint density at radius 3 is 2.52 bits per heavy atom. The average Bonchev–Trinajstić information content (AvgIpc) is 3.30. The molecule has 2 fully saturated rings. The van der Waals surface area contributed by atoms with Gasteiger partial charge in [-0.05, 0) is 52.1 Å². The van der Waals surface area contributed by atoms with Gasteiger partial charge in [0.05, 0.1) is 0 Å². The smallest absolute Gasteiger partial charge is 0.289 e. The number of nitrogens with zero attached hydrogens (tertiary/aromatic N) is 2. The van der Waals surface area contributed by atoms with Gasteiger partial charge in [-0.1, -0.05) is 6.92 Å². The summed E-state index contributed by atoms with van der Waals surface area (Å²) in [7, 11) is -3.59. The fourth-order valence-electron chi connectivity index (χ4n) is 3.85. The fraction of sp³-hybridized carbons (Fsp3) is 0.722. The van der Waals surface area contributed by atoms with E-state index in [2.05, 4.69) is 5.32 Å². The van der Waals surface area contributed by atoms with E-state index in [1.165, 1.54) is 10.4 Å². The number of rotatable bonds is 6. The van der Waals surface area contributed by atoms with Crippen molar-refractivity contribution in [2.45, 2.75) is 56.9 Å². The average molecular weight is 420 g/mol. The molecule has 1 aromatic rings. The quantitative estimate of drug-likeness (QED) is 0.765. The van der Waals surface area contributed by atoms with E-state index in [4.69, 9.17) is 4.42 Å². The fourth-order valence-corrected chi connectivity index (χ4v) is 5.52. The van der Waals surface area contributed by atoms with Gasteiger partial charge < -0.3 is 14.6 Å². The van der Waals surface area contributed by atoms with E-state index in [1.807, 2.05) is 11.8 Å². The Balaban J connectivity index is 0.00000261. The summed E-state index contributed by atoms with van der Waals surface area (Å²) >= 11 is 0. The summed E-state index contributed by atoms with van der Waals surface area (Å²) in [6.07, 6.45) is 4.42. The Morgan fingerprint density at radius 1 is 1.30 bits per heavy atom. The molecular weight excluding hydrogens is 390 g/mol. The number of piperidine rings is 1. The number of aryl methyl sites for hydroxylation is 1. The molecule has 7 nitrogen and oxygen atoms in total. The second kappa shape index (κ2) is 9.41. The summed E-state index contributed by atoms with van der Waals surface area (Å²) in [5.74, 6) is 0.221. The molecule has 3 rings (SSSR count). The van der Waals surface area contributed by atoms with E-state index in [0.717, 1.165) is 45.2 Å². The van der Waals surface area contributed by atoms with Crippen LogP contribution in [-0.4, -0.2) is 62.3 Å². The van der Waals surface area contributed by atoms with Crippen LogP contribution in [0.25, 0.3) is 0 Å². The molecule has 1 amide bonds. The van der Waals surface area contributed by atoms with Crippen molar-refractivity contribution in [1.82, 2.24) is 14.5 Å². The minimum absolute atomic E-state index is 0. The number of amides is 1. The van der Waals surface area contributed by atoms with E-state index in [0.29, 0.717) is 25.4 Å². The summed E-state index contributed by atoms with van der Waals surface area (Å²) in [4.78, 5) is 15.0. The Morgan fingerprint density at radius 2 is 1.93 bits per heavy atom. The van der Waals surface area contributed by atoms with E-state index < -0.39 is 10.0 Å². The molecular formula is C18H30ClN3O4S. The van der Waals surface area contributed by atoms with Crippen LogP contribution in [0.4, 0.5) is 0 Å². The molecule has 154 valence electrons.